The van der Waals surface area contributed by atoms with Crippen molar-refractivity contribution < 1.29 is 22.4 Å². The van der Waals surface area contributed by atoms with E-state index in [1.54, 1.807) is 35.2 Å². The van der Waals surface area contributed by atoms with E-state index in [0.717, 1.165) is 18.2 Å². The number of piperidine rings is 1. The standard InChI is InChI=1S/C23H26N2O5S/c1-2-29-19-7-9-20(10-8-19)31(27,28)24-16-17-11-13-25(14-12-17)23(26)22-15-18-5-3-4-6-21(18)30-22/h3-10,15,17,24H,2,11-14,16H2,1H3. The number of benzene rings is 2. The van der Waals surface area contributed by atoms with E-state index in [0.29, 0.717) is 43.3 Å². The van der Waals surface area contributed by atoms with Crippen molar-refractivity contribution in [2.24, 2.45) is 5.92 Å². The van der Waals surface area contributed by atoms with Crippen LogP contribution in [0.1, 0.15) is 30.3 Å². The van der Waals surface area contributed by atoms with Crippen molar-refractivity contribution in [1.82, 2.24) is 9.62 Å². The van der Waals surface area contributed by atoms with Gasteiger partial charge in [0, 0.05) is 25.0 Å². The van der Waals surface area contributed by atoms with Gasteiger partial charge >= 0.3 is 0 Å². The van der Waals surface area contributed by atoms with Gasteiger partial charge in [-0.15, -0.1) is 0 Å². The maximum absolute atomic E-state index is 12.8. The topological polar surface area (TPSA) is 88.9 Å². The molecule has 2 aromatic carbocycles. The fraction of sp³-hybridized carbons (Fsp3) is 0.348. The minimum atomic E-state index is -3.58. The molecule has 1 aliphatic rings. The number of para-hydroxylation sites is 1. The number of carbonyl (C=O) groups is 1. The Hall–Kier alpha value is -2.84. The van der Waals surface area contributed by atoms with E-state index >= 15 is 0 Å². The van der Waals surface area contributed by atoms with E-state index in [-0.39, 0.29) is 16.7 Å². The van der Waals surface area contributed by atoms with Gasteiger partial charge in [0.05, 0.1) is 11.5 Å². The SMILES string of the molecule is CCOc1ccc(S(=O)(=O)NCC2CCN(C(=O)c3cc4ccccc4o3)CC2)cc1. The molecule has 0 unspecified atom stereocenters. The van der Waals surface area contributed by atoms with Gasteiger partial charge in [0.25, 0.3) is 5.91 Å². The second-order valence-electron chi connectivity index (χ2n) is 7.64. The molecule has 1 amide bonds. The lowest BCUT2D eigenvalue weighted by Crippen LogP contribution is -2.41. The Bertz CT molecular complexity index is 1110. The summed E-state index contributed by atoms with van der Waals surface area (Å²) in [6.07, 6.45) is 1.47. The molecule has 31 heavy (non-hydrogen) atoms. The van der Waals surface area contributed by atoms with E-state index in [9.17, 15) is 13.2 Å². The van der Waals surface area contributed by atoms with Crippen molar-refractivity contribution in [3.05, 3.63) is 60.4 Å². The highest BCUT2D eigenvalue weighted by atomic mass is 32.2. The Morgan fingerprint density at radius 3 is 2.52 bits per heavy atom. The molecule has 0 spiro atoms. The van der Waals surface area contributed by atoms with Crippen LogP contribution in [0.2, 0.25) is 0 Å². The predicted octanol–water partition coefficient (Wildman–Crippen LogP) is 3.66. The van der Waals surface area contributed by atoms with Crippen LogP contribution in [0.15, 0.2) is 63.9 Å². The third-order valence-electron chi connectivity index (χ3n) is 5.55. The molecule has 7 nitrogen and oxygen atoms in total. The van der Waals surface area contributed by atoms with Gasteiger partial charge in [-0.25, -0.2) is 13.1 Å². The highest BCUT2D eigenvalue weighted by Crippen LogP contribution is 2.23. The molecule has 1 saturated heterocycles. The molecular weight excluding hydrogens is 416 g/mol. The first-order valence-electron chi connectivity index (χ1n) is 10.5. The summed E-state index contributed by atoms with van der Waals surface area (Å²) in [4.78, 5) is 14.8. The molecule has 0 radical (unpaired) electrons. The van der Waals surface area contributed by atoms with E-state index < -0.39 is 10.0 Å². The molecule has 0 saturated carbocycles. The first-order chi connectivity index (χ1) is 15.0. The van der Waals surface area contributed by atoms with Gasteiger partial charge in [0.1, 0.15) is 11.3 Å². The molecule has 1 fully saturated rings. The fourth-order valence-electron chi connectivity index (χ4n) is 3.78. The highest BCUT2D eigenvalue weighted by molar-refractivity contribution is 7.89. The first kappa shape index (κ1) is 21.4. The Labute approximate surface area is 182 Å². The largest absolute Gasteiger partial charge is 0.494 e. The third-order valence-corrected chi connectivity index (χ3v) is 6.98. The summed E-state index contributed by atoms with van der Waals surface area (Å²) >= 11 is 0. The Morgan fingerprint density at radius 1 is 1.13 bits per heavy atom. The number of hydrogen-bond donors (Lipinski definition) is 1. The number of nitrogens with one attached hydrogen (secondary N) is 1. The number of amides is 1. The summed E-state index contributed by atoms with van der Waals surface area (Å²) in [6, 6.07) is 15.7. The fourth-order valence-corrected chi connectivity index (χ4v) is 4.89. The van der Waals surface area contributed by atoms with Crippen molar-refractivity contribution >= 4 is 26.9 Å². The molecule has 164 valence electrons. The maximum Gasteiger partial charge on any atom is 0.289 e. The van der Waals surface area contributed by atoms with Gasteiger partial charge in [-0.3, -0.25) is 4.79 Å². The van der Waals surface area contributed by atoms with Gasteiger partial charge < -0.3 is 14.1 Å². The van der Waals surface area contributed by atoms with Gasteiger partial charge in [-0.05, 0) is 62.1 Å². The highest BCUT2D eigenvalue weighted by Gasteiger charge is 2.26. The monoisotopic (exact) mass is 442 g/mol. The zero-order chi connectivity index (χ0) is 21.8. The predicted molar refractivity (Wildman–Crippen MR) is 118 cm³/mol. The lowest BCUT2D eigenvalue weighted by Gasteiger charge is -2.31. The summed E-state index contributed by atoms with van der Waals surface area (Å²) in [5.41, 5.74) is 0.699. The summed E-state index contributed by atoms with van der Waals surface area (Å²) in [7, 11) is -3.58. The quantitative estimate of drug-likeness (QED) is 0.603. The Kier molecular flexibility index (Phi) is 6.29. The normalized spacial score (nSPS) is 15.3. The first-order valence-corrected chi connectivity index (χ1v) is 11.9. The molecule has 3 aromatic rings. The summed E-state index contributed by atoms with van der Waals surface area (Å²) in [5, 5.41) is 0.907. The molecule has 1 aromatic heterocycles. The number of hydrogen-bond acceptors (Lipinski definition) is 5. The van der Waals surface area contributed by atoms with Gasteiger partial charge in [-0.1, -0.05) is 18.2 Å². The second kappa shape index (κ2) is 9.11. The molecule has 0 atom stereocenters. The van der Waals surface area contributed by atoms with Crippen LogP contribution in [-0.4, -0.2) is 45.5 Å². The average molecular weight is 443 g/mol. The van der Waals surface area contributed by atoms with Gasteiger partial charge in [0.2, 0.25) is 10.0 Å². The van der Waals surface area contributed by atoms with Crippen LogP contribution in [0.25, 0.3) is 11.0 Å². The van der Waals surface area contributed by atoms with Crippen molar-refractivity contribution in [3.8, 4) is 5.75 Å². The van der Waals surface area contributed by atoms with Gasteiger partial charge in [0.15, 0.2) is 5.76 Å². The number of ether oxygens (including phenoxy) is 1. The number of carbonyl (C=O) groups excluding carboxylic acids is 1. The number of furan rings is 1. The van der Waals surface area contributed by atoms with Crippen LogP contribution in [0.5, 0.6) is 5.75 Å². The number of likely N-dealkylation sites (tertiary alicyclic amines) is 1. The van der Waals surface area contributed by atoms with E-state index in [1.165, 1.54) is 0 Å². The Morgan fingerprint density at radius 2 is 1.84 bits per heavy atom. The zero-order valence-corrected chi connectivity index (χ0v) is 18.2. The van der Waals surface area contributed by atoms with Crippen LogP contribution in [-0.2, 0) is 10.0 Å². The summed E-state index contributed by atoms with van der Waals surface area (Å²) < 4.78 is 38.9. The number of fused-ring (bicyclic) bond motifs is 1. The molecule has 1 N–H and O–H groups in total. The van der Waals surface area contributed by atoms with E-state index in [1.807, 2.05) is 31.2 Å². The van der Waals surface area contributed by atoms with Crippen LogP contribution < -0.4 is 9.46 Å². The average Bonchev–Trinajstić information content (AvgIpc) is 3.23. The molecule has 0 bridgehead atoms. The second-order valence-corrected chi connectivity index (χ2v) is 9.41. The Balaban J connectivity index is 1.30. The van der Waals surface area contributed by atoms with Crippen LogP contribution >= 0.6 is 0 Å². The van der Waals surface area contributed by atoms with Crippen molar-refractivity contribution in [3.63, 3.8) is 0 Å². The number of nitrogens with zero attached hydrogens (tertiary/aromatic N) is 1. The molecule has 8 heteroatoms. The van der Waals surface area contributed by atoms with Crippen molar-refractivity contribution in [1.29, 1.82) is 0 Å². The molecule has 0 aliphatic carbocycles. The van der Waals surface area contributed by atoms with Crippen LogP contribution in [0.3, 0.4) is 0 Å². The minimum absolute atomic E-state index is 0.121. The number of sulfonamides is 1. The maximum atomic E-state index is 12.8. The summed E-state index contributed by atoms with van der Waals surface area (Å²) in [5.74, 6) is 1.04. The van der Waals surface area contributed by atoms with E-state index in [4.69, 9.17) is 9.15 Å². The minimum Gasteiger partial charge on any atom is -0.494 e. The zero-order valence-electron chi connectivity index (χ0n) is 17.4. The van der Waals surface area contributed by atoms with Crippen molar-refractivity contribution in [2.75, 3.05) is 26.2 Å². The third kappa shape index (κ3) is 4.91. The lowest BCUT2D eigenvalue weighted by atomic mass is 9.97. The van der Waals surface area contributed by atoms with Crippen LogP contribution in [0.4, 0.5) is 0 Å². The molecule has 4 rings (SSSR count). The van der Waals surface area contributed by atoms with E-state index in [2.05, 4.69) is 4.72 Å². The lowest BCUT2D eigenvalue weighted by molar-refractivity contribution is 0.0662. The van der Waals surface area contributed by atoms with Crippen LogP contribution in [0, 0.1) is 5.92 Å². The van der Waals surface area contributed by atoms with Crippen molar-refractivity contribution in [2.45, 2.75) is 24.7 Å². The van der Waals surface area contributed by atoms with Gasteiger partial charge in [-0.2, -0.15) is 0 Å². The molecule has 2 heterocycles. The number of rotatable bonds is 7. The molecular formula is C23H26N2O5S. The molecule has 1 aliphatic heterocycles. The summed E-state index contributed by atoms with van der Waals surface area (Å²) in [6.45, 7) is 3.91. The smallest absolute Gasteiger partial charge is 0.289 e.